The van der Waals surface area contributed by atoms with E-state index >= 15 is 0 Å². The number of aliphatic carboxylic acids is 1. The summed E-state index contributed by atoms with van der Waals surface area (Å²) in [5, 5.41) is 19.1. The molecule has 0 aliphatic carbocycles. The molecule has 106 valence electrons. The van der Waals surface area contributed by atoms with Crippen LogP contribution in [0, 0.1) is 5.92 Å². The maximum atomic E-state index is 10.7. The Morgan fingerprint density at radius 1 is 1.26 bits per heavy atom. The second kappa shape index (κ2) is 7.29. The number of rotatable bonds is 7. The molecule has 0 radical (unpaired) electrons. The van der Waals surface area contributed by atoms with Crippen molar-refractivity contribution in [1.82, 2.24) is 0 Å². The first-order chi connectivity index (χ1) is 8.97. The fourth-order valence-corrected chi connectivity index (χ4v) is 2.39. The third-order valence-corrected chi connectivity index (χ3v) is 3.51. The van der Waals surface area contributed by atoms with Gasteiger partial charge in [0.2, 0.25) is 0 Å². The molecule has 3 nitrogen and oxygen atoms in total. The molecule has 0 saturated heterocycles. The molecule has 0 aliphatic rings. The van der Waals surface area contributed by atoms with Gasteiger partial charge in [0.25, 0.3) is 0 Å². The summed E-state index contributed by atoms with van der Waals surface area (Å²) in [6.07, 6.45) is 1.84. The van der Waals surface area contributed by atoms with E-state index in [1.54, 1.807) is 0 Å². The zero-order chi connectivity index (χ0) is 14.4. The minimum Gasteiger partial charge on any atom is -0.481 e. The first-order valence-corrected chi connectivity index (χ1v) is 6.99. The van der Waals surface area contributed by atoms with Crippen molar-refractivity contribution in [1.29, 1.82) is 0 Å². The SMILES string of the molecule is CCc1ccc(CC)c(C(O)CC(C)CC(=O)O)c1. The van der Waals surface area contributed by atoms with Crippen LogP contribution in [0.15, 0.2) is 18.2 Å². The van der Waals surface area contributed by atoms with Crippen molar-refractivity contribution in [2.45, 2.75) is 52.6 Å². The Bertz CT molecular complexity index is 426. The molecule has 1 aromatic rings. The van der Waals surface area contributed by atoms with E-state index in [2.05, 4.69) is 32.0 Å². The van der Waals surface area contributed by atoms with E-state index in [9.17, 15) is 9.90 Å². The number of aliphatic hydroxyl groups is 1. The van der Waals surface area contributed by atoms with Crippen LogP contribution in [0.25, 0.3) is 0 Å². The Morgan fingerprint density at radius 3 is 2.47 bits per heavy atom. The molecule has 1 aromatic carbocycles. The fraction of sp³-hybridized carbons (Fsp3) is 0.562. The Hall–Kier alpha value is -1.35. The van der Waals surface area contributed by atoms with Gasteiger partial charge >= 0.3 is 5.97 Å². The maximum Gasteiger partial charge on any atom is 0.303 e. The summed E-state index contributed by atoms with van der Waals surface area (Å²) in [5.74, 6) is -0.833. The third kappa shape index (κ3) is 4.67. The number of carbonyl (C=O) groups is 1. The van der Waals surface area contributed by atoms with E-state index in [-0.39, 0.29) is 12.3 Å². The molecule has 0 heterocycles. The van der Waals surface area contributed by atoms with Gasteiger partial charge in [-0.05, 0) is 41.9 Å². The van der Waals surface area contributed by atoms with Crippen LogP contribution < -0.4 is 0 Å². The number of carboxylic acid groups (broad SMARTS) is 1. The highest BCUT2D eigenvalue weighted by molar-refractivity contribution is 5.66. The number of benzene rings is 1. The van der Waals surface area contributed by atoms with Crippen molar-refractivity contribution >= 4 is 5.97 Å². The molecule has 0 aromatic heterocycles. The molecule has 0 saturated carbocycles. The van der Waals surface area contributed by atoms with E-state index < -0.39 is 12.1 Å². The quantitative estimate of drug-likeness (QED) is 0.794. The summed E-state index contributed by atoms with van der Waals surface area (Å²) in [4.78, 5) is 10.7. The highest BCUT2D eigenvalue weighted by atomic mass is 16.4. The van der Waals surface area contributed by atoms with E-state index in [0.29, 0.717) is 6.42 Å². The number of aliphatic hydroxyl groups excluding tert-OH is 1. The fourth-order valence-electron chi connectivity index (χ4n) is 2.39. The van der Waals surface area contributed by atoms with Crippen LogP contribution in [0.1, 0.15) is 56.4 Å². The average molecular weight is 264 g/mol. The summed E-state index contributed by atoms with van der Waals surface area (Å²) in [7, 11) is 0. The maximum absolute atomic E-state index is 10.7. The first-order valence-electron chi connectivity index (χ1n) is 6.99. The molecule has 1 rings (SSSR count). The van der Waals surface area contributed by atoms with E-state index in [0.717, 1.165) is 24.0 Å². The molecule has 2 unspecified atom stereocenters. The average Bonchev–Trinajstić information content (AvgIpc) is 2.36. The molecule has 0 bridgehead atoms. The number of carboxylic acids is 1. The molecule has 3 heteroatoms. The van der Waals surface area contributed by atoms with Crippen LogP contribution in [0.5, 0.6) is 0 Å². The van der Waals surface area contributed by atoms with Crippen LogP contribution in [0.2, 0.25) is 0 Å². The van der Waals surface area contributed by atoms with Crippen molar-refractivity contribution in [3.8, 4) is 0 Å². The van der Waals surface area contributed by atoms with Crippen LogP contribution in [0.3, 0.4) is 0 Å². The summed E-state index contributed by atoms with van der Waals surface area (Å²) in [5.41, 5.74) is 3.31. The highest BCUT2D eigenvalue weighted by Crippen LogP contribution is 2.27. The topological polar surface area (TPSA) is 57.5 Å². The van der Waals surface area contributed by atoms with Crippen LogP contribution in [0.4, 0.5) is 0 Å². The van der Waals surface area contributed by atoms with Gasteiger partial charge in [0.15, 0.2) is 0 Å². The van der Waals surface area contributed by atoms with Crippen molar-refractivity contribution in [2.24, 2.45) is 5.92 Å². The van der Waals surface area contributed by atoms with Crippen molar-refractivity contribution in [3.63, 3.8) is 0 Å². The highest BCUT2D eigenvalue weighted by Gasteiger charge is 2.17. The standard InChI is InChI=1S/C16H24O3/c1-4-12-6-7-13(5-2)14(10-12)15(17)8-11(3)9-16(18)19/h6-7,10-11,15,17H,4-5,8-9H2,1-3H3,(H,18,19). The van der Waals surface area contributed by atoms with Gasteiger partial charge in [0.1, 0.15) is 0 Å². The first kappa shape index (κ1) is 15.7. The number of aryl methyl sites for hydroxylation is 2. The van der Waals surface area contributed by atoms with E-state index in [1.807, 2.05) is 6.92 Å². The predicted molar refractivity (Wildman–Crippen MR) is 76.2 cm³/mol. The minimum atomic E-state index is -0.808. The molecule has 0 amide bonds. The number of hydrogen-bond acceptors (Lipinski definition) is 2. The lowest BCUT2D eigenvalue weighted by atomic mass is 9.91. The van der Waals surface area contributed by atoms with Crippen molar-refractivity contribution in [3.05, 3.63) is 34.9 Å². The van der Waals surface area contributed by atoms with Crippen LogP contribution >= 0.6 is 0 Å². The van der Waals surface area contributed by atoms with E-state index in [4.69, 9.17) is 5.11 Å². The molecule has 0 aliphatic heterocycles. The summed E-state index contributed by atoms with van der Waals surface area (Å²) in [6, 6.07) is 6.21. The lowest BCUT2D eigenvalue weighted by molar-refractivity contribution is -0.138. The van der Waals surface area contributed by atoms with Gasteiger partial charge in [-0.1, -0.05) is 39.0 Å². The zero-order valence-electron chi connectivity index (χ0n) is 12.0. The molecule has 0 spiro atoms. The third-order valence-electron chi connectivity index (χ3n) is 3.51. The van der Waals surface area contributed by atoms with Crippen LogP contribution in [-0.2, 0) is 17.6 Å². The number of hydrogen-bond donors (Lipinski definition) is 2. The molecule has 0 fully saturated rings. The van der Waals surface area contributed by atoms with Gasteiger partial charge in [-0.2, -0.15) is 0 Å². The Morgan fingerprint density at radius 2 is 1.95 bits per heavy atom. The summed E-state index contributed by atoms with van der Waals surface area (Å²) >= 11 is 0. The van der Waals surface area contributed by atoms with Crippen molar-refractivity contribution < 1.29 is 15.0 Å². The summed E-state index contributed by atoms with van der Waals surface area (Å²) in [6.45, 7) is 6.02. The molecular formula is C16H24O3. The second-order valence-corrected chi connectivity index (χ2v) is 5.19. The van der Waals surface area contributed by atoms with Gasteiger partial charge in [-0.25, -0.2) is 0 Å². The van der Waals surface area contributed by atoms with Gasteiger partial charge in [-0.15, -0.1) is 0 Å². The zero-order valence-corrected chi connectivity index (χ0v) is 12.0. The van der Waals surface area contributed by atoms with Gasteiger partial charge in [0, 0.05) is 6.42 Å². The Kier molecular flexibility index (Phi) is 6.03. The van der Waals surface area contributed by atoms with Crippen LogP contribution in [-0.4, -0.2) is 16.2 Å². The monoisotopic (exact) mass is 264 g/mol. The molecule has 19 heavy (non-hydrogen) atoms. The Labute approximate surface area is 115 Å². The second-order valence-electron chi connectivity index (χ2n) is 5.19. The lowest BCUT2D eigenvalue weighted by Crippen LogP contribution is -2.11. The van der Waals surface area contributed by atoms with Gasteiger partial charge in [-0.3, -0.25) is 4.79 Å². The lowest BCUT2D eigenvalue weighted by Gasteiger charge is -2.19. The minimum absolute atomic E-state index is 0.0255. The largest absolute Gasteiger partial charge is 0.481 e. The predicted octanol–water partition coefficient (Wildman–Crippen LogP) is 3.35. The van der Waals surface area contributed by atoms with Gasteiger partial charge in [0.05, 0.1) is 6.10 Å². The molecular weight excluding hydrogens is 240 g/mol. The van der Waals surface area contributed by atoms with Gasteiger partial charge < -0.3 is 10.2 Å². The Balaban J connectivity index is 2.84. The summed E-state index contributed by atoms with van der Waals surface area (Å²) < 4.78 is 0. The molecule has 2 atom stereocenters. The van der Waals surface area contributed by atoms with Crippen molar-refractivity contribution in [2.75, 3.05) is 0 Å². The smallest absolute Gasteiger partial charge is 0.303 e. The normalized spacial score (nSPS) is 14.1. The van der Waals surface area contributed by atoms with E-state index in [1.165, 1.54) is 5.56 Å². The molecule has 2 N–H and O–H groups in total.